The van der Waals surface area contributed by atoms with E-state index in [0.717, 1.165) is 55.7 Å². The predicted molar refractivity (Wildman–Crippen MR) is 125 cm³/mol. The minimum Gasteiger partial charge on any atom is -0.456 e. The van der Waals surface area contributed by atoms with E-state index < -0.39 is 0 Å². The smallest absolute Gasteiger partial charge is 0.135 e. The third kappa shape index (κ3) is 3.40. The van der Waals surface area contributed by atoms with Gasteiger partial charge in [-0.15, -0.1) is 0 Å². The molecule has 3 aromatic carbocycles. The van der Waals surface area contributed by atoms with Gasteiger partial charge in [-0.05, 0) is 35.4 Å². The quantitative estimate of drug-likeness (QED) is 0.284. The van der Waals surface area contributed by atoms with Gasteiger partial charge in [0.2, 0.25) is 0 Å². The second-order valence-corrected chi connectivity index (χ2v) is 7.26. The number of furan rings is 2. The van der Waals surface area contributed by atoms with Crippen molar-refractivity contribution in [3.05, 3.63) is 122 Å². The fourth-order valence-corrected chi connectivity index (χ4v) is 3.49. The summed E-state index contributed by atoms with van der Waals surface area (Å²) >= 11 is 0. The highest BCUT2D eigenvalue weighted by molar-refractivity contribution is 5.86. The van der Waals surface area contributed by atoms with Crippen LogP contribution in [0.15, 0.2) is 119 Å². The Bertz CT molecular complexity index is 1340. The number of benzene rings is 3. The summed E-state index contributed by atoms with van der Waals surface area (Å²) in [6, 6.07) is 28.3. The van der Waals surface area contributed by atoms with Crippen LogP contribution in [0.4, 0.5) is 0 Å². The van der Waals surface area contributed by atoms with Crippen LogP contribution >= 0.6 is 0 Å². The van der Waals surface area contributed by atoms with E-state index in [0.29, 0.717) is 0 Å². The zero-order chi connectivity index (χ0) is 20.5. The van der Waals surface area contributed by atoms with Gasteiger partial charge in [0.1, 0.15) is 22.7 Å². The maximum atomic E-state index is 5.95. The van der Waals surface area contributed by atoms with Crippen LogP contribution in [0.25, 0.3) is 44.4 Å². The van der Waals surface area contributed by atoms with E-state index in [2.05, 4.69) is 49.6 Å². The summed E-state index contributed by atoms with van der Waals surface area (Å²) in [6.07, 6.45) is 3.90. The summed E-state index contributed by atoms with van der Waals surface area (Å²) in [7, 11) is 0. The van der Waals surface area contributed by atoms with Gasteiger partial charge in [0, 0.05) is 21.9 Å². The SMILES string of the molecule is C=C(/C=C\C(=C)c1cc2ccccc2o1)c1ccc(-c2cc3ccccc3o2)cc1. The zero-order valence-electron chi connectivity index (χ0n) is 16.5. The van der Waals surface area contributed by atoms with Gasteiger partial charge in [-0.2, -0.15) is 0 Å². The Balaban J connectivity index is 1.32. The van der Waals surface area contributed by atoms with Crippen LogP contribution < -0.4 is 0 Å². The Labute approximate surface area is 175 Å². The molecule has 0 aliphatic rings. The molecule has 2 heteroatoms. The summed E-state index contributed by atoms with van der Waals surface area (Å²) in [5.74, 6) is 1.63. The van der Waals surface area contributed by atoms with Crippen LogP contribution in [-0.2, 0) is 0 Å². The molecule has 30 heavy (non-hydrogen) atoms. The molecule has 0 unspecified atom stereocenters. The maximum Gasteiger partial charge on any atom is 0.135 e. The Morgan fingerprint density at radius 1 is 0.633 bits per heavy atom. The summed E-state index contributed by atoms with van der Waals surface area (Å²) in [5.41, 5.74) is 5.56. The average Bonchev–Trinajstić information content (AvgIpc) is 3.41. The molecule has 0 fully saturated rings. The number of rotatable bonds is 5. The lowest BCUT2D eigenvalue weighted by Crippen LogP contribution is -1.81. The van der Waals surface area contributed by atoms with Crippen molar-refractivity contribution in [1.82, 2.24) is 0 Å². The van der Waals surface area contributed by atoms with Crippen LogP contribution in [0.3, 0.4) is 0 Å². The second kappa shape index (κ2) is 7.41. The molecule has 0 aliphatic heterocycles. The first-order valence-corrected chi connectivity index (χ1v) is 9.82. The van der Waals surface area contributed by atoms with Crippen molar-refractivity contribution >= 4 is 33.1 Å². The van der Waals surface area contributed by atoms with E-state index in [1.165, 1.54) is 0 Å². The van der Waals surface area contributed by atoms with Gasteiger partial charge in [0.25, 0.3) is 0 Å². The summed E-state index contributed by atoms with van der Waals surface area (Å²) < 4.78 is 11.8. The molecule has 0 N–H and O–H groups in total. The van der Waals surface area contributed by atoms with Crippen LogP contribution in [-0.4, -0.2) is 0 Å². The Morgan fingerprint density at radius 3 is 1.90 bits per heavy atom. The lowest BCUT2D eigenvalue weighted by Gasteiger charge is -2.03. The van der Waals surface area contributed by atoms with Crippen molar-refractivity contribution < 1.29 is 8.83 Å². The zero-order valence-corrected chi connectivity index (χ0v) is 16.5. The molecule has 5 aromatic rings. The van der Waals surface area contributed by atoms with Crippen LogP contribution in [0.5, 0.6) is 0 Å². The molecule has 2 heterocycles. The van der Waals surface area contributed by atoms with Crippen LogP contribution in [0.2, 0.25) is 0 Å². The van der Waals surface area contributed by atoms with Gasteiger partial charge in [-0.3, -0.25) is 0 Å². The number of hydrogen-bond acceptors (Lipinski definition) is 2. The molecule has 0 saturated carbocycles. The minimum atomic E-state index is 0.764. The molecule has 5 rings (SSSR count). The normalized spacial score (nSPS) is 11.5. The molecule has 0 amide bonds. The third-order valence-electron chi connectivity index (χ3n) is 5.19. The number of fused-ring (bicyclic) bond motifs is 2. The van der Waals surface area contributed by atoms with Gasteiger partial charge < -0.3 is 8.83 Å². The summed E-state index contributed by atoms with van der Waals surface area (Å²) in [4.78, 5) is 0. The first-order chi connectivity index (χ1) is 14.7. The van der Waals surface area contributed by atoms with Gasteiger partial charge >= 0.3 is 0 Å². The van der Waals surface area contributed by atoms with Crippen molar-refractivity contribution in [2.45, 2.75) is 0 Å². The molecule has 0 saturated heterocycles. The van der Waals surface area contributed by atoms with E-state index in [-0.39, 0.29) is 0 Å². The molecule has 0 atom stereocenters. The largest absolute Gasteiger partial charge is 0.456 e. The molecular weight excluding hydrogens is 368 g/mol. The molecule has 0 radical (unpaired) electrons. The molecule has 144 valence electrons. The Morgan fingerprint density at radius 2 is 1.23 bits per heavy atom. The van der Waals surface area contributed by atoms with Gasteiger partial charge in [-0.1, -0.05) is 86.0 Å². The van der Waals surface area contributed by atoms with Gasteiger partial charge in [0.15, 0.2) is 0 Å². The lowest BCUT2D eigenvalue weighted by atomic mass is 10.0. The fraction of sp³-hybridized carbons (Fsp3) is 0. The van der Waals surface area contributed by atoms with E-state index in [1.807, 2.05) is 60.7 Å². The molecular formula is C28H20O2. The number of hydrogen-bond donors (Lipinski definition) is 0. The summed E-state index contributed by atoms with van der Waals surface area (Å²) in [5, 5.41) is 2.18. The Hall–Kier alpha value is -4.04. The Kier molecular flexibility index (Phi) is 4.45. The highest BCUT2D eigenvalue weighted by atomic mass is 16.3. The van der Waals surface area contributed by atoms with E-state index in [9.17, 15) is 0 Å². The van der Waals surface area contributed by atoms with Gasteiger partial charge in [0.05, 0.1) is 0 Å². The molecule has 2 aromatic heterocycles. The molecule has 0 aliphatic carbocycles. The maximum absolute atomic E-state index is 5.95. The van der Waals surface area contributed by atoms with Crippen molar-refractivity contribution in [3.8, 4) is 11.3 Å². The van der Waals surface area contributed by atoms with E-state index in [4.69, 9.17) is 8.83 Å². The molecule has 0 bridgehead atoms. The standard InChI is InChI=1S/C28H20O2/c1-19(11-12-20(2)27-17-23-7-3-5-9-25(23)29-27)21-13-15-22(16-14-21)28-18-24-8-4-6-10-26(24)30-28/h3-18H,1-2H2/b12-11-. The topological polar surface area (TPSA) is 26.3 Å². The number of para-hydroxylation sites is 2. The average molecular weight is 388 g/mol. The summed E-state index contributed by atoms with van der Waals surface area (Å²) in [6.45, 7) is 8.31. The first kappa shape index (κ1) is 18.0. The lowest BCUT2D eigenvalue weighted by molar-refractivity contribution is 0.601. The van der Waals surface area contributed by atoms with Crippen molar-refractivity contribution in [3.63, 3.8) is 0 Å². The van der Waals surface area contributed by atoms with Crippen molar-refractivity contribution in [1.29, 1.82) is 0 Å². The van der Waals surface area contributed by atoms with Crippen molar-refractivity contribution in [2.75, 3.05) is 0 Å². The second-order valence-electron chi connectivity index (χ2n) is 7.26. The molecule has 2 nitrogen and oxygen atoms in total. The predicted octanol–water partition coefficient (Wildman–Crippen LogP) is 8.13. The molecule has 0 spiro atoms. The van der Waals surface area contributed by atoms with Crippen LogP contribution in [0, 0.1) is 0 Å². The fourth-order valence-electron chi connectivity index (χ4n) is 3.49. The van der Waals surface area contributed by atoms with Gasteiger partial charge in [-0.25, -0.2) is 0 Å². The van der Waals surface area contributed by atoms with E-state index in [1.54, 1.807) is 0 Å². The highest BCUT2D eigenvalue weighted by Crippen LogP contribution is 2.29. The highest BCUT2D eigenvalue weighted by Gasteiger charge is 2.07. The van der Waals surface area contributed by atoms with Crippen molar-refractivity contribution in [2.24, 2.45) is 0 Å². The third-order valence-corrected chi connectivity index (χ3v) is 5.19. The minimum absolute atomic E-state index is 0.764. The van der Waals surface area contributed by atoms with E-state index >= 15 is 0 Å². The first-order valence-electron chi connectivity index (χ1n) is 9.82. The van der Waals surface area contributed by atoms with Crippen LogP contribution in [0.1, 0.15) is 11.3 Å². The monoisotopic (exact) mass is 388 g/mol. The number of allylic oxidation sites excluding steroid dienone is 4.